The van der Waals surface area contributed by atoms with Gasteiger partial charge in [-0.3, -0.25) is 0 Å². The van der Waals surface area contributed by atoms with E-state index in [1.54, 1.807) is 0 Å². The third-order valence-corrected chi connectivity index (χ3v) is 3.08. The fraction of sp³-hybridized carbons (Fsp3) is 0.429. The van der Waals surface area contributed by atoms with Crippen LogP contribution in [0, 0.1) is 0 Å². The molecule has 0 spiro atoms. The molecule has 0 saturated carbocycles. The Labute approximate surface area is 90.9 Å². The highest BCUT2D eigenvalue weighted by Gasteiger charge is 2.02. The van der Waals surface area contributed by atoms with Crippen LogP contribution >= 0.6 is 35.1 Å². The van der Waals surface area contributed by atoms with Crippen LogP contribution in [0.4, 0.5) is 5.82 Å². The van der Waals surface area contributed by atoms with Gasteiger partial charge in [-0.2, -0.15) is 20.5 Å². The molecule has 0 bridgehead atoms. The molecular weight excluding hydrogens is 226 g/mol. The van der Waals surface area contributed by atoms with Gasteiger partial charge >= 0.3 is 0 Å². The highest BCUT2D eigenvalue weighted by molar-refractivity contribution is 7.99. The van der Waals surface area contributed by atoms with Crippen LogP contribution in [0.15, 0.2) is 12.7 Å². The number of halogens is 1. The number of anilines is 1. The Balaban J connectivity index is 2.13. The lowest BCUT2D eigenvalue weighted by Gasteiger charge is -2.00. The average molecular weight is 236 g/mol. The summed E-state index contributed by atoms with van der Waals surface area (Å²) in [6.07, 6.45) is 1.89. The van der Waals surface area contributed by atoms with Crippen molar-refractivity contribution in [2.24, 2.45) is 0 Å². The summed E-state index contributed by atoms with van der Waals surface area (Å²) in [6, 6.07) is 0. The molecule has 0 atom stereocenters. The maximum Gasteiger partial charge on any atom is 0.186 e. The number of hydrogen-bond acceptors (Lipinski definition) is 5. The zero-order valence-electron chi connectivity index (χ0n) is 6.99. The summed E-state index contributed by atoms with van der Waals surface area (Å²) >= 11 is 8.66. The minimum Gasteiger partial charge on any atom is -0.366 e. The molecule has 1 N–H and O–H groups in total. The predicted octanol–water partition coefficient (Wildman–Crippen LogP) is 2.52. The lowest BCUT2D eigenvalue weighted by Crippen LogP contribution is -2.04. The summed E-state index contributed by atoms with van der Waals surface area (Å²) in [5.41, 5.74) is 0. The molecule has 1 aromatic heterocycles. The van der Waals surface area contributed by atoms with Gasteiger partial charge in [-0.1, -0.05) is 17.7 Å². The molecule has 0 amide bonds. The van der Waals surface area contributed by atoms with E-state index in [0.29, 0.717) is 11.0 Å². The number of nitrogens with one attached hydrogen (secondary N) is 1. The van der Waals surface area contributed by atoms with Crippen LogP contribution in [0.3, 0.4) is 0 Å². The van der Waals surface area contributed by atoms with Crippen LogP contribution in [0.2, 0.25) is 5.15 Å². The average Bonchev–Trinajstić information content (AvgIpc) is 2.52. The van der Waals surface area contributed by atoms with E-state index in [4.69, 9.17) is 11.6 Å². The van der Waals surface area contributed by atoms with E-state index in [1.165, 1.54) is 0 Å². The van der Waals surface area contributed by atoms with Gasteiger partial charge < -0.3 is 5.32 Å². The third kappa shape index (κ3) is 3.97. The standard InChI is InChI=1S/C7H10ClN3S2/c1-2-4-12-5-3-9-7-6(8)10-13-11-7/h2H,1,3-5H2,(H,9,11). The molecule has 0 aliphatic heterocycles. The third-order valence-electron chi connectivity index (χ3n) is 1.22. The summed E-state index contributed by atoms with van der Waals surface area (Å²) in [7, 11) is 0. The van der Waals surface area contributed by atoms with Crippen molar-refractivity contribution in [1.29, 1.82) is 0 Å². The van der Waals surface area contributed by atoms with E-state index in [0.717, 1.165) is 29.8 Å². The Kier molecular flexibility index (Phi) is 5.19. The number of hydrogen-bond donors (Lipinski definition) is 1. The van der Waals surface area contributed by atoms with Crippen molar-refractivity contribution in [3.8, 4) is 0 Å². The van der Waals surface area contributed by atoms with Gasteiger partial charge in [0.25, 0.3) is 0 Å². The Morgan fingerprint density at radius 2 is 2.46 bits per heavy atom. The summed E-state index contributed by atoms with van der Waals surface area (Å²) in [6.45, 7) is 4.49. The van der Waals surface area contributed by atoms with E-state index in [1.807, 2.05) is 17.8 Å². The van der Waals surface area contributed by atoms with Gasteiger partial charge in [0, 0.05) is 18.1 Å². The summed E-state index contributed by atoms with van der Waals surface area (Å²) < 4.78 is 7.83. The number of aromatic nitrogens is 2. The van der Waals surface area contributed by atoms with Gasteiger partial charge in [-0.25, -0.2) is 0 Å². The van der Waals surface area contributed by atoms with Crippen LogP contribution in [-0.2, 0) is 0 Å². The van der Waals surface area contributed by atoms with Gasteiger partial charge in [0.1, 0.15) is 0 Å². The van der Waals surface area contributed by atoms with Gasteiger partial charge in [0.15, 0.2) is 11.0 Å². The molecule has 1 heterocycles. The number of rotatable bonds is 6. The lowest BCUT2D eigenvalue weighted by atomic mass is 10.6. The van der Waals surface area contributed by atoms with Gasteiger partial charge in [-0.15, -0.1) is 6.58 Å². The van der Waals surface area contributed by atoms with Crippen LogP contribution in [0.25, 0.3) is 0 Å². The second-order valence-electron chi connectivity index (χ2n) is 2.19. The van der Waals surface area contributed by atoms with Crippen molar-refractivity contribution in [2.75, 3.05) is 23.4 Å². The van der Waals surface area contributed by atoms with E-state index < -0.39 is 0 Å². The molecule has 0 saturated heterocycles. The molecule has 1 aromatic rings. The van der Waals surface area contributed by atoms with Gasteiger partial charge in [-0.05, 0) is 0 Å². The van der Waals surface area contributed by atoms with Gasteiger partial charge in [0.05, 0.1) is 11.7 Å². The molecule has 0 radical (unpaired) electrons. The van der Waals surface area contributed by atoms with Crippen molar-refractivity contribution in [1.82, 2.24) is 8.75 Å². The topological polar surface area (TPSA) is 37.8 Å². The summed E-state index contributed by atoms with van der Waals surface area (Å²) in [5, 5.41) is 3.56. The van der Waals surface area contributed by atoms with Crippen LogP contribution in [-0.4, -0.2) is 26.8 Å². The largest absolute Gasteiger partial charge is 0.366 e. The lowest BCUT2D eigenvalue weighted by molar-refractivity contribution is 1.20. The van der Waals surface area contributed by atoms with Crippen molar-refractivity contribution >= 4 is 40.9 Å². The Morgan fingerprint density at radius 3 is 3.08 bits per heavy atom. The molecular formula is C7H10ClN3S2. The van der Waals surface area contributed by atoms with Crippen molar-refractivity contribution in [2.45, 2.75) is 0 Å². The fourth-order valence-electron chi connectivity index (χ4n) is 0.691. The first-order chi connectivity index (χ1) is 6.34. The smallest absolute Gasteiger partial charge is 0.186 e. The molecule has 3 nitrogen and oxygen atoms in total. The second-order valence-corrected chi connectivity index (χ2v) is 4.23. The normalized spacial score (nSPS) is 9.92. The first-order valence-electron chi connectivity index (χ1n) is 3.75. The van der Waals surface area contributed by atoms with Crippen molar-refractivity contribution < 1.29 is 0 Å². The SMILES string of the molecule is C=CCSCCNc1nsnc1Cl. The summed E-state index contributed by atoms with van der Waals surface area (Å²) in [5.74, 6) is 2.68. The van der Waals surface area contributed by atoms with E-state index in [-0.39, 0.29) is 0 Å². The van der Waals surface area contributed by atoms with Crippen LogP contribution in [0.1, 0.15) is 0 Å². The minimum absolute atomic E-state index is 0.457. The maximum absolute atomic E-state index is 5.73. The number of nitrogens with zero attached hydrogens (tertiary/aromatic N) is 2. The predicted molar refractivity (Wildman–Crippen MR) is 60.9 cm³/mol. The van der Waals surface area contributed by atoms with Crippen molar-refractivity contribution in [3.63, 3.8) is 0 Å². The van der Waals surface area contributed by atoms with Crippen molar-refractivity contribution in [3.05, 3.63) is 17.8 Å². The Morgan fingerprint density at radius 1 is 1.62 bits per heavy atom. The molecule has 0 aliphatic rings. The van der Waals surface area contributed by atoms with E-state index in [2.05, 4.69) is 20.6 Å². The molecule has 6 heteroatoms. The molecule has 13 heavy (non-hydrogen) atoms. The molecule has 0 fully saturated rings. The van der Waals surface area contributed by atoms with Crippen LogP contribution in [0.5, 0.6) is 0 Å². The van der Waals surface area contributed by atoms with E-state index in [9.17, 15) is 0 Å². The Hall–Kier alpha value is -0.260. The monoisotopic (exact) mass is 235 g/mol. The van der Waals surface area contributed by atoms with Crippen LogP contribution < -0.4 is 5.32 Å². The second kappa shape index (κ2) is 6.23. The molecule has 0 unspecified atom stereocenters. The first kappa shape index (κ1) is 10.8. The highest BCUT2D eigenvalue weighted by Crippen LogP contribution is 2.17. The summed E-state index contributed by atoms with van der Waals surface area (Å²) in [4.78, 5) is 0. The van der Waals surface area contributed by atoms with Gasteiger partial charge in [0.2, 0.25) is 0 Å². The quantitative estimate of drug-likeness (QED) is 0.608. The zero-order valence-corrected chi connectivity index (χ0v) is 9.38. The minimum atomic E-state index is 0.457. The molecule has 72 valence electrons. The fourth-order valence-corrected chi connectivity index (χ4v) is 1.95. The maximum atomic E-state index is 5.73. The molecule has 0 aromatic carbocycles. The molecule has 1 rings (SSSR count). The molecule has 0 aliphatic carbocycles. The Bertz CT molecular complexity index is 264. The first-order valence-corrected chi connectivity index (χ1v) is 6.01. The zero-order chi connectivity index (χ0) is 9.52. The highest BCUT2D eigenvalue weighted by atomic mass is 35.5. The van der Waals surface area contributed by atoms with E-state index >= 15 is 0 Å². The number of thioether (sulfide) groups is 1.